The zero-order valence-electron chi connectivity index (χ0n) is 27.3. The zero-order valence-corrected chi connectivity index (χ0v) is 27.3. The van der Waals surface area contributed by atoms with Crippen molar-refractivity contribution in [3.63, 3.8) is 0 Å². The molecule has 4 heteroatoms. The molecule has 2 aliphatic rings. The van der Waals surface area contributed by atoms with E-state index in [0.29, 0.717) is 13.2 Å². The Balaban J connectivity index is 1.33. The van der Waals surface area contributed by atoms with Gasteiger partial charge in [-0.05, 0) is 51.3 Å². The Morgan fingerprint density at radius 1 is 0.705 bits per heavy atom. The summed E-state index contributed by atoms with van der Waals surface area (Å²) in [7, 11) is 0. The summed E-state index contributed by atoms with van der Waals surface area (Å²) in [4.78, 5) is 12.7. The average molecular weight is 590 g/mol. The van der Waals surface area contributed by atoms with Crippen LogP contribution in [0.2, 0.25) is 0 Å². The second-order valence-corrected chi connectivity index (χ2v) is 12.8. The molecule has 0 amide bonds. The summed E-state index contributed by atoms with van der Waals surface area (Å²) in [5.74, 6) is 0. The van der Waals surface area contributed by atoms with E-state index >= 15 is 0 Å². The first-order valence-electron chi connectivity index (χ1n) is 16.3. The third kappa shape index (κ3) is 6.82. The van der Waals surface area contributed by atoms with Crippen LogP contribution in [-0.2, 0) is 27.1 Å². The zero-order chi connectivity index (χ0) is 31.0. The number of fused-ring (bicyclic) bond motifs is 2. The quantitative estimate of drug-likeness (QED) is 0.0615. The van der Waals surface area contributed by atoms with Crippen molar-refractivity contribution in [3.8, 4) is 0 Å². The van der Waals surface area contributed by atoms with Gasteiger partial charge in [0, 0.05) is 46.6 Å². The first kappa shape index (κ1) is 31.7. The van der Waals surface area contributed by atoms with Gasteiger partial charge in [-0.15, -0.1) is 0 Å². The summed E-state index contributed by atoms with van der Waals surface area (Å²) in [5.41, 5.74) is 9.29. The highest BCUT2D eigenvalue weighted by molar-refractivity contribution is 6.03. The molecular weight excluding hydrogens is 540 g/mol. The fourth-order valence-corrected chi connectivity index (χ4v) is 6.74. The van der Waals surface area contributed by atoms with Crippen LogP contribution >= 0.6 is 0 Å². The largest absolute Gasteiger partial charge is 0.344 e. The number of unbranched alkanes of at least 4 members (excludes halogenated alkanes) is 3. The maximum atomic E-state index is 5.17. The highest BCUT2D eigenvalue weighted by atomic mass is 17.2. The number of hydrogen-bond acceptors (Lipinski definition) is 3. The molecule has 0 N–H and O–H groups in total. The number of nitrogens with zero attached hydrogens (tertiary/aromatic N) is 2. The van der Waals surface area contributed by atoms with Crippen LogP contribution < -0.4 is 4.90 Å². The third-order valence-corrected chi connectivity index (χ3v) is 9.07. The Morgan fingerprint density at radius 2 is 1.41 bits per heavy atom. The number of para-hydroxylation sites is 2. The van der Waals surface area contributed by atoms with Crippen LogP contribution in [0.15, 0.2) is 115 Å². The van der Waals surface area contributed by atoms with Crippen LogP contribution in [-0.4, -0.2) is 30.0 Å². The van der Waals surface area contributed by atoms with Gasteiger partial charge in [-0.3, -0.25) is 0 Å². The number of allylic oxidation sites excluding steroid dienone is 6. The molecule has 3 aromatic carbocycles. The topological polar surface area (TPSA) is 24.7 Å². The van der Waals surface area contributed by atoms with E-state index in [2.05, 4.69) is 146 Å². The SMILES string of the molecule is CCOOCCCCCCN1/C(=C/C=C/C=C/C2=[N+](Cc3ccccc3)c3ccccc3C2(C)C)C(C)(C)c2ccccc21. The van der Waals surface area contributed by atoms with Crippen LogP contribution in [0, 0.1) is 0 Å². The standard InChI is InChI=1S/C40H49N2O2/c1-6-43-44-30-20-8-7-19-29-41-35-25-17-15-23-33(35)39(2,3)37(41)27-13-10-14-28-38-40(4,5)34-24-16-18-26-36(34)42(38)31-32-21-11-9-12-22-32/h9-18,21-28H,6-8,19-20,29-31H2,1-5H3/q+1. The fraction of sp³-hybridized carbons (Fsp3) is 0.375. The van der Waals surface area contributed by atoms with Crippen LogP contribution in [0.5, 0.6) is 0 Å². The highest BCUT2D eigenvalue weighted by Gasteiger charge is 2.44. The van der Waals surface area contributed by atoms with Gasteiger partial charge < -0.3 is 4.90 Å². The minimum absolute atomic E-state index is 0.0493. The van der Waals surface area contributed by atoms with Gasteiger partial charge in [0.1, 0.15) is 0 Å². The molecule has 0 aliphatic carbocycles. The van der Waals surface area contributed by atoms with Crippen molar-refractivity contribution in [2.24, 2.45) is 0 Å². The average Bonchev–Trinajstić information content (AvgIpc) is 3.37. The normalized spacial score (nSPS) is 17.8. The van der Waals surface area contributed by atoms with Gasteiger partial charge in [0.05, 0.1) is 18.6 Å². The van der Waals surface area contributed by atoms with E-state index in [9.17, 15) is 0 Å². The van der Waals surface area contributed by atoms with Gasteiger partial charge in [-0.2, -0.15) is 4.58 Å². The smallest absolute Gasteiger partial charge is 0.210 e. The van der Waals surface area contributed by atoms with Crippen LogP contribution in [0.3, 0.4) is 0 Å². The van der Waals surface area contributed by atoms with Gasteiger partial charge in [-0.1, -0.05) is 112 Å². The molecule has 3 aromatic rings. The number of hydrogen-bond donors (Lipinski definition) is 0. The molecule has 4 nitrogen and oxygen atoms in total. The lowest BCUT2D eigenvalue weighted by molar-refractivity contribution is -0.455. The van der Waals surface area contributed by atoms with Gasteiger partial charge in [0.25, 0.3) is 0 Å². The summed E-state index contributed by atoms with van der Waals surface area (Å²) in [5, 5.41) is 0. The molecule has 0 spiro atoms. The molecular formula is C40H49N2O2+. The molecule has 44 heavy (non-hydrogen) atoms. The van der Waals surface area contributed by atoms with Crippen molar-refractivity contribution >= 4 is 17.1 Å². The second-order valence-electron chi connectivity index (χ2n) is 12.8. The Bertz CT molecular complexity index is 1530. The molecule has 0 aromatic heterocycles. The minimum atomic E-state index is -0.0742. The fourth-order valence-electron chi connectivity index (χ4n) is 6.74. The maximum Gasteiger partial charge on any atom is 0.210 e. The lowest BCUT2D eigenvalue weighted by Crippen LogP contribution is -2.27. The van der Waals surface area contributed by atoms with Crippen LogP contribution in [0.1, 0.15) is 77.0 Å². The lowest BCUT2D eigenvalue weighted by atomic mass is 9.81. The summed E-state index contributed by atoms with van der Waals surface area (Å²) >= 11 is 0. The van der Waals surface area contributed by atoms with Gasteiger partial charge in [0.15, 0.2) is 12.3 Å². The van der Waals surface area contributed by atoms with Crippen molar-refractivity contribution in [1.29, 1.82) is 0 Å². The molecule has 0 radical (unpaired) electrons. The summed E-state index contributed by atoms with van der Waals surface area (Å²) in [6.45, 7) is 14.5. The maximum absolute atomic E-state index is 5.17. The molecule has 2 heterocycles. The molecule has 0 bridgehead atoms. The highest BCUT2D eigenvalue weighted by Crippen LogP contribution is 2.47. The van der Waals surface area contributed by atoms with Crippen molar-refractivity contribution in [2.75, 3.05) is 24.7 Å². The van der Waals surface area contributed by atoms with Gasteiger partial charge in [-0.25, -0.2) is 9.78 Å². The molecule has 2 aliphatic heterocycles. The third-order valence-electron chi connectivity index (χ3n) is 9.07. The van der Waals surface area contributed by atoms with Crippen molar-refractivity contribution in [3.05, 3.63) is 132 Å². The van der Waals surface area contributed by atoms with Crippen LogP contribution in [0.4, 0.5) is 11.4 Å². The molecule has 0 saturated heterocycles. The lowest BCUT2D eigenvalue weighted by Gasteiger charge is -2.27. The number of rotatable bonds is 14. The second kappa shape index (κ2) is 14.4. The summed E-state index contributed by atoms with van der Waals surface area (Å²) in [6, 6.07) is 28.5. The van der Waals surface area contributed by atoms with Gasteiger partial charge >= 0.3 is 0 Å². The Hall–Kier alpha value is -3.73. The van der Waals surface area contributed by atoms with Crippen molar-refractivity contribution in [2.45, 2.75) is 77.7 Å². The van der Waals surface area contributed by atoms with Crippen LogP contribution in [0.25, 0.3) is 0 Å². The monoisotopic (exact) mass is 589 g/mol. The minimum Gasteiger partial charge on any atom is -0.344 e. The summed E-state index contributed by atoms with van der Waals surface area (Å²) in [6.07, 6.45) is 15.7. The van der Waals surface area contributed by atoms with E-state index in [-0.39, 0.29) is 10.8 Å². The molecule has 230 valence electrons. The predicted octanol–water partition coefficient (Wildman–Crippen LogP) is 9.59. The molecule has 0 atom stereocenters. The van der Waals surface area contributed by atoms with E-state index in [0.717, 1.165) is 32.4 Å². The Kier molecular flexibility index (Phi) is 10.3. The predicted molar refractivity (Wildman–Crippen MR) is 184 cm³/mol. The van der Waals surface area contributed by atoms with E-state index in [1.165, 1.54) is 45.9 Å². The first-order chi connectivity index (χ1) is 21.4. The Labute approximate surface area is 265 Å². The number of benzene rings is 3. The molecule has 0 unspecified atom stereocenters. The summed E-state index contributed by atoms with van der Waals surface area (Å²) < 4.78 is 2.48. The number of anilines is 1. The van der Waals surface area contributed by atoms with Crippen molar-refractivity contribution in [1.82, 2.24) is 0 Å². The Morgan fingerprint density at radius 3 is 2.20 bits per heavy atom. The van der Waals surface area contributed by atoms with E-state index in [4.69, 9.17) is 9.78 Å². The molecule has 0 fully saturated rings. The van der Waals surface area contributed by atoms with E-state index in [1.54, 1.807) is 0 Å². The van der Waals surface area contributed by atoms with E-state index in [1.807, 2.05) is 6.92 Å². The molecule has 5 rings (SSSR count). The molecule has 0 saturated carbocycles. The van der Waals surface area contributed by atoms with Crippen molar-refractivity contribution < 1.29 is 14.4 Å². The van der Waals surface area contributed by atoms with Gasteiger partial charge in [0.2, 0.25) is 5.69 Å². The van der Waals surface area contributed by atoms with E-state index < -0.39 is 0 Å². The first-order valence-corrected chi connectivity index (χ1v) is 16.3.